The maximum atomic E-state index is 12.9. The predicted octanol–water partition coefficient (Wildman–Crippen LogP) is 3.14. The molecule has 2 aromatic rings. The van der Waals surface area contributed by atoms with Crippen LogP contribution in [0.25, 0.3) is 0 Å². The highest BCUT2D eigenvalue weighted by Crippen LogP contribution is 2.18. The zero-order valence-electron chi connectivity index (χ0n) is 18.7. The summed E-state index contributed by atoms with van der Waals surface area (Å²) in [7, 11) is 0. The van der Waals surface area contributed by atoms with Gasteiger partial charge in [0.2, 0.25) is 18.2 Å². The molecular formula is C26H35N3O3. The number of nitrogens with two attached hydrogens (primary N) is 1. The van der Waals surface area contributed by atoms with Gasteiger partial charge in [-0.05, 0) is 43.2 Å². The number of carbonyl (C=O) groups is 3. The fraction of sp³-hybridized carbons (Fsp3) is 0.423. The van der Waals surface area contributed by atoms with E-state index in [1.54, 1.807) is 0 Å². The summed E-state index contributed by atoms with van der Waals surface area (Å²) >= 11 is 0. The predicted molar refractivity (Wildman–Crippen MR) is 127 cm³/mol. The summed E-state index contributed by atoms with van der Waals surface area (Å²) in [4.78, 5) is 33.7. The summed E-state index contributed by atoms with van der Waals surface area (Å²) in [6, 6.07) is 20.6. The summed E-state index contributed by atoms with van der Waals surface area (Å²) in [5.74, 6) is -0.268. The monoisotopic (exact) mass is 437 g/mol. The van der Waals surface area contributed by atoms with Crippen molar-refractivity contribution in [2.45, 2.75) is 57.4 Å². The molecule has 0 saturated heterocycles. The molecule has 1 saturated carbocycles. The van der Waals surface area contributed by atoms with E-state index >= 15 is 0 Å². The fourth-order valence-electron chi connectivity index (χ4n) is 4.05. The Morgan fingerprint density at radius 1 is 0.938 bits per heavy atom. The molecule has 0 bridgehead atoms. The number of primary amides is 1. The molecule has 0 spiro atoms. The van der Waals surface area contributed by atoms with Gasteiger partial charge in [-0.2, -0.15) is 0 Å². The van der Waals surface area contributed by atoms with Crippen molar-refractivity contribution in [3.05, 3.63) is 71.8 Å². The molecule has 0 aliphatic heterocycles. The van der Waals surface area contributed by atoms with Crippen molar-refractivity contribution < 1.29 is 14.4 Å². The molecule has 2 aromatic carbocycles. The first kappa shape index (κ1) is 25.1. The number of rotatable bonds is 9. The van der Waals surface area contributed by atoms with E-state index < -0.39 is 0 Å². The number of hydrogen-bond acceptors (Lipinski definition) is 3. The van der Waals surface area contributed by atoms with Crippen molar-refractivity contribution >= 4 is 18.2 Å². The number of hydrogen-bond donors (Lipinski definition) is 3. The SMILES string of the molecule is NC=O.O=C(CNC(=O)C(CCc1ccccc1)Cc1ccccc1)NC1CCCCC1. The van der Waals surface area contributed by atoms with Gasteiger partial charge in [0, 0.05) is 12.0 Å². The first-order chi connectivity index (χ1) is 15.6. The van der Waals surface area contributed by atoms with Crippen LogP contribution in [0.15, 0.2) is 60.7 Å². The lowest BCUT2D eigenvalue weighted by atomic mass is 9.92. The van der Waals surface area contributed by atoms with Crippen LogP contribution in [-0.2, 0) is 27.2 Å². The van der Waals surface area contributed by atoms with Gasteiger partial charge in [0.05, 0.1) is 6.54 Å². The van der Waals surface area contributed by atoms with Crippen LogP contribution in [0.1, 0.15) is 49.7 Å². The zero-order valence-corrected chi connectivity index (χ0v) is 18.7. The molecule has 6 nitrogen and oxygen atoms in total. The Bertz CT molecular complexity index is 806. The van der Waals surface area contributed by atoms with Crippen LogP contribution < -0.4 is 16.4 Å². The highest BCUT2D eigenvalue weighted by molar-refractivity contribution is 5.86. The van der Waals surface area contributed by atoms with Gasteiger partial charge in [0.1, 0.15) is 0 Å². The van der Waals surface area contributed by atoms with Gasteiger partial charge < -0.3 is 16.4 Å². The Morgan fingerprint density at radius 2 is 1.50 bits per heavy atom. The first-order valence-electron chi connectivity index (χ1n) is 11.4. The van der Waals surface area contributed by atoms with Crippen LogP contribution in [-0.4, -0.2) is 30.8 Å². The smallest absolute Gasteiger partial charge is 0.239 e. The Kier molecular flexibility index (Phi) is 11.6. The second-order valence-electron chi connectivity index (χ2n) is 8.17. The molecule has 1 fully saturated rings. The topological polar surface area (TPSA) is 101 Å². The molecule has 32 heavy (non-hydrogen) atoms. The standard InChI is InChI=1S/C25H32N2O2.CH3NO/c28-24(27-23-14-8-3-9-15-23)19-26-25(29)22(18-21-12-6-2-7-13-21)17-16-20-10-4-1-5-11-20;2-1-3/h1-2,4-7,10-13,22-23H,3,8-9,14-19H2,(H,26,29)(H,27,28);1H,(H2,2,3). The van der Waals surface area contributed by atoms with Crippen LogP contribution in [0.4, 0.5) is 0 Å². The summed E-state index contributed by atoms with van der Waals surface area (Å²) in [5, 5.41) is 5.94. The fourth-order valence-corrected chi connectivity index (χ4v) is 4.05. The molecular weight excluding hydrogens is 402 g/mol. The van der Waals surface area contributed by atoms with E-state index in [1.807, 2.05) is 36.4 Å². The minimum absolute atomic E-state index is 0.0384. The summed E-state index contributed by atoms with van der Waals surface area (Å²) in [6.07, 6.45) is 8.25. The number of amides is 3. The van der Waals surface area contributed by atoms with Crippen molar-refractivity contribution in [2.75, 3.05) is 6.54 Å². The second kappa shape index (κ2) is 14.8. The van der Waals surface area contributed by atoms with Gasteiger partial charge >= 0.3 is 0 Å². The number of benzene rings is 2. The molecule has 0 heterocycles. The van der Waals surface area contributed by atoms with Crippen molar-refractivity contribution in [3.63, 3.8) is 0 Å². The third kappa shape index (κ3) is 9.77. The van der Waals surface area contributed by atoms with E-state index in [4.69, 9.17) is 4.79 Å². The highest BCUT2D eigenvalue weighted by atomic mass is 16.2. The molecule has 4 N–H and O–H groups in total. The van der Waals surface area contributed by atoms with Gasteiger partial charge in [0.25, 0.3) is 0 Å². The number of carbonyl (C=O) groups excluding carboxylic acids is 3. The minimum Gasteiger partial charge on any atom is -0.372 e. The second-order valence-corrected chi connectivity index (χ2v) is 8.17. The lowest BCUT2D eigenvalue weighted by Gasteiger charge is -2.23. The molecule has 3 amide bonds. The average molecular weight is 438 g/mol. The highest BCUT2D eigenvalue weighted by Gasteiger charge is 2.21. The third-order valence-electron chi connectivity index (χ3n) is 5.71. The van der Waals surface area contributed by atoms with E-state index in [0.29, 0.717) is 6.42 Å². The van der Waals surface area contributed by atoms with Crippen molar-refractivity contribution in [3.8, 4) is 0 Å². The van der Waals surface area contributed by atoms with Crippen LogP contribution in [0.5, 0.6) is 0 Å². The summed E-state index contributed by atoms with van der Waals surface area (Å²) in [5.41, 5.74) is 6.54. The lowest BCUT2D eigenvalue weighted by molar-refractivity contribution is -0.129. The molecule has 1 aliphatic carbocycles. The van der Waals surface area contributed by atoms with Crippen LogP contribution in [0, 0.1) is 5.92 Å². The van der Waals surface area contributed by atoms with Crippen molar-refractivity contribution in [2.24, 2.45) is 11.7 Å². The summed E-state index contributed by atoms with van der Waals surface area (Å²) < 4.78 is 0. The van der Waals surface area contributed by atoms with Crippen LogP contribution >= 0.6 is 0 Å². The van der Waals surface area contributed by atoms with Gasteiger partial charge in [-0.15, -0.1) is 0 Å². The van der Waals surface area contributed by atoms with E-state index in [0.717, 1.165) is 31.2 Å². The molecule has 6 heteroatoms. The molecule has 1 atom stereocenters. The Hall–Kier alpha value is -3.15. The number of nitrogens with one attached hydrogen (secondary N) is 2. The Morgan fingerprint density at radius 3 is 2.09 bits per heavy atom. The molecule has 0 radical (unpaired) electrons. The van der Waals surface area contributed by atoms with Gasteiger partial charge in [0.15, 0.2) is 0 Å². The number of aryl methyl sites for hydroxylation is 1. The Labute approximate surface area is 191 Å². The molecule has 1 aliphatic rings. The normalized spacial score (nSPS) is 14.4. The van der Waals surface area contributed by atoms with Gasteiger partial charge in [-0.3, -0.25) is 14.4 Å². The average Bonchev–Trinajstić information content (AvgIpc) is 2.83. The van der Waals surface area contributed by atoms with Gasteiger partial charge in [-0.25, -0.2) is 0 Å². The van der Waals surface area contributed by atoms with E-state index in [2.05, 4.69) is 40.6 Å². The van der Waals surface area contributed by atoms with E-state index in [-0.39, 0.29) is 36.7 Å². The first-order valence-corrected chi connectivity index (χ1v) is 11.4. The van der Waals surface area contributed by atoms with E-state index in [1.165, 1.54) is 24.8 Å². The molecule has 0 aromatic heterocycles. The lowest BCUT2D eigenvalue weighted by Crippen LogP contribution is -2.44. The van der Waals surface area contributed by atoms with E-state index in [9.17, 15) is 9.59 Å². The molecule has 1 unspecified atom stereocenters. The Balaban J connectivity index is 0.00000114. The quantitative estimate of drug-likeness (QED) is 0.525. The van der Waals surface area contributed by atoms with Crippen molar-refractivity contribution in [1.29, 1.82) is 0 Å². The van der Waals surface area contributed by atoms with Crippen LogP contribution in [0.3, 0.4) is 0 Å². The van der Waals surface area contributed by atoms with Gasteiger partial charge in [-0.1, -0.05) is 79.9 Å². The molecule has 3 rings (SSSR count). The summed E-state index contributed by atoms with van der Waals surface area (Å²) in [6.45, 7) is 0.0615. The van der Waals surface area contributed by atoms with Crippen LogP contribution in [0.2, 0.25) is 0 Å². The molecule has 172 valence electrons. The zero-order chi connectivity index (χ0) is 23.0. The largest absolute Gasteiger partial charge is 0.372 e. The van der Waals surface area contributed by atoms with Crippen molar-refractivity contribution in [1.82, 2.24) is 10.6 Å². The maximum Gasteiger partial charge on any atom is 0.239 e. The third-order valence-corrected chi connectivity index (χ3v) is 5.71. The maximum absolute atomic E-state index is 12.9. The minimum atomic E-state index is -0.153.